The van der Waals surface area contributed by atoms with Crippen molar-refractivity contribution in [1.82, 2.24) is 10.2 Å². The molecule has 0 aromatic carbocycles. The first-order valence-electron chi connectivity index (χ1n) is 6.86. The van der Waals surface area contributed by atoms with Crippen molar-refractivity contribution in [3.63, 3.8) is 0 Å². The predicted octanol–water partition coefficient (Wildman–Crippen LogP) is 2.11. The molecule has 1 N–H and O–H groups in total. The summed E-state index contributed by atoms with van der Waals surface area (Å²) < 4.78 is 0. The van der Waals surface area contributed by atoms with Gasteiger partial charge in [-0.25, -0.2) is 0 Å². The van der Waals surface area contributed by atoms with Crippen LogP contribution in [0.5, 0.6) is 0 Å². The van der Waals surface area contributed by atoms with Crippen LogP contribution in [0.25, 0.3) is 0 Å². The Kier molecular flexibility index (Phi) is 3.91. The lowest BCUT2D eigenvalue weighted by Gasteiger charge is -2.41. The van der Waals surface area contributed by atoms with E-state index in [1.165, 1.54) is 5.70 Å². The number of carbonyl (C=O) groups is 1. The highest BCUT2D eigenvalue weighted by Gasteiger charge is 2.30. The zero-order chi connectivity index (χ0) is 13.3. The van der Waals surface area contributed by atoms with Crippen LogP contribution in [0.3, 0.4) is 0 Å². The van der Waals surface area contributed by atoms with Gasteiger partial charge in [-0.05, 0) is 33.1 Å². The van der Waals surface area contributed by atoms with Crippen molar-refractivity contribution in [2.24, 2.45) is 5.92 Å². The summed E-state index contributed by atoms with van der Waals surface area (Å²) in [6.07, 6.45) is 1.63. The Morgan fingerprint density at radius 1 is 1.44 bits per heavy atom. The molecule has 0 aromatic heterocycles. The molecule has 2 aliphatic rings. The molecular formula is C15H24N2O. The molecule has 1 aliphatic heterocycles. The van der Waals surface area contributed by atoms with Gasteiger partial charge in [0.05, 0.1) is 0 Å². The van der Waals surface area contributed by atoms with Crippen LogP contribution in [0.15, 0.2) is 23.4 Å². The first kappa shape index (κ1) is 13.3. The van der Waals surface area contributed by atoms with Gasteiger partial charge in [-0.1, -0.05) is 12.2 Å². The molecule has 0 spiro atoms. The van der Waals surface area contributed by atoms with E-state index in [1.54, 1.807) is 0 Å². The van der Waals surface area contributed by atoms with Gasteiger partial charge in [0.25, 0.3) is 0 Å². The van der Waals surface area contributed by atoms with Gasteiger partial charge in [0.15, 0.2) is 5.78 Å². The lowest BCUT2D eigenvalue weighted by molar-refractivity contribution is -0.116. The minimum atomic E-state index is 0.301. The molecule has 1 fully saturated rings. The number of ketones is 1. The van der Waals surface area contributed by atoms with Crippen LogP contribution < -0.4 is 5.32 Å². The van der Waals surface area contributed by atoms with E-state index in [9.17, 15) is 4.79 Å². The fourth-order valence-electron chi connectivity index (χ4n) is 2.92. The van der Waals surface area contributed by atoms with Gasteiger partial charge in [0, 0.05) is 43.4 Å². The topological polar surface area (TPSA) is 32.3 Å². The van der Waals surface area contributed by atoms with Crippen LogP contribution in [0.4, 0.5) is 0 Å². The number of hydrogen-bond donors (Lipinski definition) is 1. The molecule has 0 aromatic rings. The summed E-state index contributed by atoms with van der Waals surface area (Å²) in [4.78, 5) is 14.5. The average molecular weight is 248 g/mol. The van der Waals surface area contributed by atoms with E-state index in [0.29, 0.717) is 24.2 Å². The van der Waals surface area contributed by atoms with Crippen LogP contribution in [0.2, 0.25) is 0 Å². The summed E-state index contributed by atoms with van der Waals surface area (Å²) >= 11 is 0. The average Bonchev–Trinajstić information content (AvgIpc) is 2.33. The minimum Gasteiger partial charge on any atom is -0.369 e. The van der Waals surface area contributed by atoms with Crippen LogP contribution in [0.1, 0.15) is 33.6 Å². The monoisotopic (exact) mass is 248 g/mol. The number of piperazine rings is 1. The molecule has 18 heavy (non-hydrogen) atoms. The zero-order valence-corrected chi connectivity index (χ0v) is 11.8. The Labute approximate surface area is 110 Å². The molecule has 2 unspecified atom stereocenters. The van der Waals surface area contributed by atoms with Gasteiger partial charge < -0.3 is 10.2 Å². The van der Waals surface area contributed by atoms with Gasteiger partial charge in [0.2, 0.25) is 0 Å². The van der Waals surface area contributed by atoms with E-state index in [1.807, 2.05) is 13.8 Å². The highest BCUT2D eigenvalue weighted by atomic mass is 16.1. The van der Waals surface area contributed by atoms with Gasteiger partial charge in [-0.3, -0.25) is 4.79 Å². The van der Waals surface area contributed by atoms with Crippen LogP contribution in [-0.4, -0.2) is 36.4 Å². The van der Waals surface area contributed by atoms with Gasteiger partial charge in [0.1, 0.15) is 0 Å². The highest BCUT2D eigenvalue weighted by molar-refractivity contribution is 5.96. The number of nitrogens with one attached hydrogen (secondary N) is 1. The second kappa shape index (κ2) is 5.27. The molecule has 0 saturated carbocycles. The smallest absolute Gasteiger partial charge is 0.160 e. The summed E-state index contributed by atoms with van der Waals surface area (Å²) in [6, 6.07) is 0.473. The quantitative estimate of drug-likeness (QED) is 0.760. The number of rotatable bonds is 2. The van der Waals surface area contributed by atoms with Gasteiger partial charge in [-0.15, -0.1) is 0 Å². The first-order valence-corrected chi connectivity index (χ1v) is 6.86. The van der Waals surface area contributed by atoms with Crippen molar-refractivity contribution in [3.05, 3.63) is 23.4 Å². The van der Waals surface area contributed by atoms with Crippen LogP contribution in [0, 0.1) is 5.92 Å². The minimum absolute atomic E-state index is 0.301. The standard InChI is InChI=1S/C15H24N2O/c1-10(2)13-7-14(12(4)15(18)8-13)17-6-5-16-9-11(17)3/h11,13,16H,1,5-9H2,2-4H3. The van der Waals surface area contributed by atoms with Crippen molar-refractivity contribution >= 4 is 5.78 Å². The van der Waals surface area contributed by atoms with E-state index in [2.05, 4.69) is 23.7 Å². The largest absolute Gasteiger partial charge is 0.369 e. The molecular weight excluding hydrogens is 224 g/mol. The summed E-state index contributed by atoms with van der Waals surface area (Å²) in [5.41, 5.74) is 3.37. The van der Waals surface area contributed by atoms with E-state index in [4.69, 9.17) is 0 Å². The third-order valence-corrected chi connectivity index (χ3v) is 4.27. The maximum absolute atomic E-state index is 12.1. The van der Waals surface area contributed by atoms with E-state index < -0.39 is 0 Å². The number of nitrogens with zero attached hydrogens (tertiary/aromatic N) is 1. The Morgan fingerprint density at radius 3 is 2.78 bits per heavy atom. The molecule has 100 valence electrons. The Bertz CT molecular complexity index is 397. The molecule has 1 aliphatic carbocycles. The molecule has 1 saturated heterocycles. The summed E-state index contributed by atoms with van der Waals surface area (Å²) in [7, 11) is 0. The van der Waals surface area contributed by atoms with Crippen LogP contribution >= 0.6 is 0 Å². The maximum Gasteiger partial charge on any atom is 0.160 e. The molecule has 1 heterocycles. The third kappa shape index (κ3) is 2.51. The predicted molar refractivity (Wildman–Crippen MR) is 74.3 cm³/mol. The molecule has 3 heteroatoms. The molecule has 0 radical (unpaired) electrons. The van der Waals surface area contributed by atoms with Crippen LogP contribution in [-0.2, 0) is 4.79 Å². The SMILES string of the molecule is C=C(C)C1CC(=O)C(C)=C(N2CCNCC2C)C1. The summed E-state index contributed by atoms with van der Waals surface area (Å²) in [5, 5.41) is 3.40. The van der Waals surface area contributed by atoms with Crippen molar-refractivity contribution in [1.29, 1.82) is 0 Å². The number of carbonyl (C=O) groups excluding carboxylic acids is 1. The summed E-state index contributed by atoms with van der Waals surface area (Å²) in [6.45, 7) is 13.3. The lowest BCUT2D eigenvalue weighted by atomic mass is 9.82. The Morgan fingerprint density at radius 2 is 2.17 bits per heavy atom. The zero-order valence-electron chi connectivity index (χ0n) is 11.8. The van der Waals surface area contributed by atoms with Crippen molar-refractivity contribution < 1.29 is 4.79 Å². The lowest BCUT2D eigenvalue weighted by Crippen LogP contribution is -2.50. The van der Waals surface area contributed by atoms with E-state index in [-0.39, 0.29) is 0 Å². The second-order valence-corrected chi connectivity index (χ2v) is 5.69. The first-order chi connectivity index (χ1) is 8.50. The highest BCUT2D eigenvalue weighted by Crippen LogP contribution is 2.33. The fraction of sp³-hybridized carbons (Fsp3) is 0.667. The number of hydrogen-bond acceptors (Lipinski definition) is 3. The number of Topliss-reactive ketones (excluding diaryl/α,β-unsaturated/α-hetero) is 1. The molecule has 2 rings (SSSR count). The van der Waals surface area contributed by atoms with Crippen molar-refractivity contribution in [2.45, 2.75) is 39.7 Å². The third-order valence-electron chi connectivity index (χ3n) is 4.27. The van der Waals surface area contributed by atoms with Gasteiger partial charge in [-0.2, -0.15) is 0 Å². The van der Waals surface area contributed by atoms with Gasteiger partial charge >= 0.3 is 0 Å². The molecule has 2 atom stereocenters. The second-order valence-electron chi connectivity index (χ2n) is 5.69. The molecule has 0 bridgehead atoms. The molecule has 0 amide bonds. The Balaban J connectivity index is 2.25. The number of allylic oxidation sites excluding steroid dienone is 3. The fourth-order valence-corrected chi connectivity index (χ4v) is 2.92. The maximum atomic E-state index is 12.1. The summed E-state index contributed by atoms with van der Waals surface area (Å²) in [5.74, 6) is 0.633. The Hall–Kier alpha value is -1.09. The van der Waals surface area contributed by atoms with Crippen molar-refractivity contribution in [3.8, 4) is 0 Å². The van der Waals surface area contributed by atoms with Crippen molar-refractivity contribution in [2.75, 3.05) is 19.6 Å². The van der Waals surface area contributed by atoms with E-state index in [0.717, 1.165) is 37.2 Å². The normalized spacial score (nSPS) is 29.7. The molecule has 3 nitrogen and oxygen atoms in total. The van der Waals surface area contributed by atoms with E-state index >= 15 is 0 Å².